The number of hydrogen-bond acceptors (Lipinski definition) is 4. The summed E-state index contributed by atoms with van der Waals surface area (Å²) in [5.41, 5.74) is 2.90. The third-order valence-electron chi connectivity index (χ3n) is 5.37. The van der Waals surface area contributed by atoms with Crippen LogP contribution in [-0.4, -0.2) is 22.7 Å². The van der Waals surface area contributed by atoms with Crippen molar-refractivity contribution in [2.45, 2.75) is 52.5 Å². The molecule has 2 amide bonds. The number of aliphatic hydroxyl groups is 1. The number of amides is 2. The van der Waals surface area contributed by atoms with Crippen LogP contribution in [0.25, 0.3) is 0 Å². The normalized spacial score (nSPS) is 16.6. The molecule has 0 aliphatic carbocycles. The molecule has 0 spiro atoms. The van der Waals surface area contributed by atoms with E-state index in [1.807, 2.05) is 24.3 Å². The van der Waals surface area contributed by atoms with Crippen molar-refractivity contribution in [3.05, 3.63) is 71.0 Å². The SMILES string of the molecule is CCC(=O)C1=C(O)C(=O)N(c2cccc(NC(C)=O)c2)C1c1ccc(C(C)(C)C)cc1. The van der Waals surface area contributed by atoms with Gasteiger partial charge in [-0.2, -0.15) is 0 Å². The highest BCUT2D eigenvalue weighted by Crippen LogP contribution is 2.42. The second kappa shape index (κ2) is 8.38. The zero-order valence-electron chi connectivity index (χ0n) is 18.5. The summed E-state index contributed by atoms with van der Waals surface area (Å²) < 4.78 is 0. The van der Waals surface area contributed by atoms with Crippen LogP contribution in [0.3, 0.4) is 0 Å². The predicted molar refractivity (Wildman–Crippen MR) is 121 cm³/mol. The molecule has 3 rings (SSSR count). The molecule has 1 atom stereocenters. The Morgan fingerprint density at radius 2 is 1.74 bits per heavy atom. The summed E-state index contributed by atoms with van der Waals surface area (Å²) in [6.45, 7) is 9.43. The van der Waals surface area contributed by atoms with E-state index in [2.05, 4.69) is 26.1 Å². The summed E-state index contributed by atoms with van der Waals surface area (Å²) in [5, 5.41) is 13.3. The van der Waals surface area contributed by atoms with Gasteiger partial charge in [0, 0.05) is 24.7 Å². The van der Waals surface area contributed by atoms with Crippen molar-refractivity contribution in [3.63, 3.8) is 0 Å². The first kappa shape index (κ1) is 22.3. The lowest BCUT2D eigenvalue weighted by atomic mass is 9.85. The van der Waals surface area contributed by atoms with Gasteiger partial charge < -0.3 is 10.4 Å². The van der Waals surface area contributed by atoms with Crippen molar-refractivity contribution in [1.29, 1.82) is 0 Å². The zero-order valence-corrected chi connectivity index (χ0v) is 18.5. The van der Waals surface area contributed by atoms with E-state index in [4.69, 9.17) is 0 Å². The highest BCUT2D eigenvalue weighted by Gasteiger charge is 2.43. The zero-order chi connectivity index (χ0) is 22.9. The lowest BCUT2D eigenvalue weighted by Gasteiger charge is -2.28. The van der Waals surface area contributed by atoms with Gasteiger partial charge in [-0.05, 0) is 34.7 Å². The van der Waals surface area contributed by atoms with Crippen molar-refractivity contribution < 1.29 is 19.5 Å². The standard InChI is InChI=1S/C25H28N2O4/c1-6-20(29)21-22(16-10-12-17(13-11-16)25(3,4)5)27(24(31)23(21)30)19-9-7-8-18(14-19)26-15(2)28/h7-14,22,30H,6H2,1-5H3,(H,26,28). The number of carbonyl (C=O) groups excluding carboxylic acids is 3. The Balaban J connectivity index is 2.13. The molecular weight excluding hydrogens is 392 g/mol. The number of carbonyl (C=O) groups is 3. The molecule has 0 fully saturated rings. The largest absolute Gasteiger partial charge is 0.503 e. The summed E-state index contributed by atoms with van der Waals surface area (Å²) >= 11 is 0. The topological polar surface area (TPSA) is 86.7 Å². The molecule has 2 aromatic carbocycles. The lowest BCUT2D eigenvalue weighted by molar-refractivity contribution is -0.118. The highest BCUT2D eigenvalue weighted by molar-refractivity contribution is 6.16. The maximum absolute atomic E-state index is 13.1. The van der Waals surface area contributed by atoms with Gasteiger partial charge in [0.15, 0.2) is 11.5 Å². The molecule has 2 aromatic rings. The van der Waals surface area contributed by atoms with E-state index in [0.717, 1.165) is 11.1 Å². The van der Waals surface area contributed by atoms with Gasteiger partial charge in [-0.15, -0.1) is 0 Å². The number of nitrogens with zero attached hydrogens (tertiary/aromatic N) is 1. The molecule has 2 N–H and O–H groups in total. The average Bonchev–Trinajstić information content (AvgIpc) is 2.97. The van der Waals surface area contributed by atoms with Crippen molar-refractivity contribution >= 4 is 29.0 Å². The van der Waals surface area contributed by atoms with E-state index in [-0.39, 0.29) is 29.1 Å². The number of hydrogen-bond donors (Lipinski definition) is 2. The Morgan fingerprint density at radius 1 is 1.10 bits per heavy atom. The van der Waals surface area contributed by atoms with Crippen molar-refractivity contribution in [1.82, 2.24) is 0 Å². The monoisotopic (exact) mass is 420 g/mol. The minimum Gasteiger partial charge on any atom is -0.503 e. The fourth-order valence-corrected chi connectivity index (χ4v) is 3.76. The van der Waals surface area contributed by atoms with E-state index < -0.39 is 17.7 Å². The van der Waals surface area contributed by atoms with Crippen LogP contribution < -0.4 is 10.2 Å². The number of Topliss-reactive ketones (excluding diaryl/α,β-unsaturated/α-hetero) is 1. The number of rotatable bonds is 5. The molecule has 31 heavy (non-hydrogen) atoms. The Labute approximate surface area is 182 Å². The Hall–Kier alpha value is -3.41. The van der Waals surface area contributed by atoms with E-state index in [0.29, 0.717) is 11.4 Å². The van der Waals surface area contributed by atoms with Gasteiger partial charge in [-0.3, -0.25) is 19.3 Å². The first-order chi connectivity index (χ1) is 14.5. The van der Waals surface area contributed by atoms with Crippen molar-refractivity contribution in [3.8, 4) is 0 Å². The van der Waals surface area contributed by atoms with Gasteiger partial charge >= 0.3 is 0 Å². The van der Waals surface area contributed by atoms with Gasteiger partial charge in [0.05, 0.1) is 11.6 Å². The van der Waals surface area contributed by atoms with Crippen LogP contribution in [0.5, 0.6) is 0 Å². The molecule has 1 aliphatic rings. The molecule has 1 heterocycles. The van der Waals surface area contributed by atoms with Crippen LogP contribution >= 0.6 is 0 Å². The number of anilines is 2. The summed E-state index contributed by atoms with van der Waals surface area (Å²) in [7, 11) is 0. The molecule has 0 saturated carbocycles. The van der Waals surface area contributed by atoms with Crippen molar-refractivity contribution in [2.24, 2.45) is 0 Å². The van der Waals surface area contributed by atoms with E-state index in [1.54, 1.807) is 31.2 Å². The fraction of sp³-hybridized carbons (Fsp3) is 0.320. The van der Waals surface area contributed by atoms with Crippen LogP contribution in [0.2, 0.25) is 0 Å². The molecule has 0 saturated heterocycles. The number of aliphatic hydroxyl groups excluding tert-OH is 1. The summed E-state index contributed by atoms with van der Waals surface area (Å²) in [5.74, 6) is -1.68. The number of ketones is 1. The summed E-state index contributed by atoms with van der Waals surface area (Å²) in [4.78, 5) is 38.6. The van der Waals surface area contributed by atoms with Crippen LogP contribution in [0.4, 0.5) is 11.4 Å². The minimum atomic E-state index is -0.749. The molecule has 0 aromatic heterocycles. The van der Waals surface area contributed by atoms with Crippen LogP contribution in [0.15, 0.2) is 59.9 Å². The third kappa shape index (κ3) is 4.38. The second-order valence-corrected chi connectivity index (χ2v) is 8.72. The first-order valence-corrected chi connectivity index (χ1v) is 10.3. The van der Waals surface area contributed by atoms with E-state index >= 15 is 0 Å². The molecule has 1 aliphatic heterocycles. The van der Waals surface area contributed by atoms with E-state index in [9.17, 15) is 19.5 Å². The molecule has 162 valence electrons. The molecule has 6 nitrogen and oxygen atoms in total. The first-order valence-electron chi connectivity index (χ1n) is 10.3. The molecule has 6 heteroatoms. The smallest absolute Gasteiger partial charge is 0.294 e. The summed E-state index contributed by atoms with van der Waals surface area (Å²) in [6.07, 6.45) is 0.170. The highest BCUT2D eigenvalue weighted by atomic mass is 16.3. The van der Waals surface area contributed by atoms with Gasteiger partial charge in [0.2, 0.25) is 5.91 Å². The van der Waals surface area contributed by atoms with Crippen molar-refractivity contribution in [2.75, 3.05) is 10.2 Å². The van der Waals surface area contributed by atoms with Crippen LogP contribution in [-0.2, 0) is 19.8 Å². The molecular formula is C25H28N2O4. The second-order valence-electron chi connectivity index (χ2n) is 8.72. The number of benzene rings is 2. The lowest BCUT2D eigenvalue weighted by Crippen LogP contribution is -2.31. The van der Waals surface area contributed by atoms with Crippen LogP contribution in [0, 0.1) is 0 Å². The molecule has 0 bridgehead atoms. The van der Waals surface area contributed by atoms with Gasteiger partial charge in [0.25, 0.3) is 5.91 Å². The van der Waals surface area contributed by atoms with Gasteiger partial charge in [-0.25, -0.2) is 0 Å². The molecule has 1 unspecified atom stereocenters. The maximum Gasteiger partial charge on any atom is 0.294 e. The molecule has 0 radical (unpaired) electrons. The van der Waals surface area contributed by atoms with E-state index in [1.165, 1.54) is 11.8 Å². The Morgan fingerprint density at radius 3 is 2.29 bits per heavy atom. The van der Waals surface area contributed by atoms with Gasteiger partial charge in [0.1, 0.15) is 0 Å². The van der Waals surface area contributed by atoms with Gasteiger partial charge in [-0.1, -0.05) is 58.0 Å². The summed E-state index contributed by atoms with van der Waals surface area (Å²) in [6, 6.07) is 13.8. The minimum absolute atomic E-state index is 0.0452. The maximum atomic E-state index is 13.1. The Kier molecular flexibility index (Phi) is 6.02. The average molecular weight is 421 g/mol. The predicted octanol–water partition coefficient (Wildman–Crippen LogP) is 4.82. The Bertz CT molecular complexity index is 1060. The third-order valence-corrected chi connectivity index (χ3v) is 5.37. The number of nitrogens with one attached hydrogen (secondary N) is 1. The van der Waals surface area contributed by atoms with Crippen LogP contribution in [0.1, 0.15) is 58.2 Å². The quantitative estimate of drug-likeness (QED) is 0.726. The fourth-order valence-electron chi connectivity index (χ4n) is 3.76.